The number of nitrogens with zero attached hydrogens (tertiary/aromatic N) is 1. The lowest BCUT2D eigenvalue weighted by Gasteiger charge is -2.29. The third-order valence-corrected chi connectivity index (χ3v) is 6.39. The first-order valence-electron chi connectivity index (χ1n) is 10.9. The average molecular weight is 558 g/mol. The van der Waals surface area contributed by atoms with E-state index in [-0.39, 0.29) is 25.0 Å². The highest BCUT2D eigenvalue weighted by atomic mass is 79.9. The molecule has 0 heterocycles. The Labute approximate surface area is 214 Å². The van der Waals surface area contributed by atoms with Gasteiger partial charge < -0.3 is 15.0 Å². The second-order valence-electron chi connectivity index (χ2n) is 8.71. The van der Waals surface area contributed by atoms with Crippen molar-refractivity contribution in [3.05, 3.63) is 62.0 Å². The Morgan fingerprint density at radius 3 is 2.33 bits per heavy atom. The van der Waals surface area contributed by atoms with Gasteiger partial charge in [0.1, 0.15) is 11.8 Å². The molecule has 0 saturated carbocycles. The van der Waals surface area contributed by atoms with Crippen LogP contribution in [0.15, 0.2) is 40.9 Å². The Kier molecular flexibility index (Phi) is 10.5. The predicted octanol–water partition coefficient (Wildman–Crippen LogP) is 6.45. The zero-order valence-corrected chi connectivity index (χ0v) is 22.7. The van der Waals surface area contributed by atoms with Crippen LogP contribution in [-0.2, 0) is 16.1 Å². The molecule has 33 heavy (non-hydrogen) atoms. The topological polar surface area (TPSA) is 58.6 Å². The maximum absolute atomic E-state index is 13.2. The van der Waals surface area contributed by atoms with Crippen molar-refractivity contribution >= 4 is 50.9 Å². The molecule has 0 spiro atoms. The van der Waals surface area contributed by atoms with Gasteiger partial charge in [-0.25, -0.2) is 0 Å². The first kappa shape index (κ1) is 27.5. The lowest BCUT2D eigenvalue weighted by Crippen LogP contribution is -2.49. The molecule has 0 aliphatic heterocycles. The summed E-state index contributed by atoms with van der Waals surface area (Å²) >= 11 is 15.9. The number of carbonyl (C=O) groups excluding carboxylic acids is 2. The van der Waals surface area contributed by atoms with E-state index >= 15 is 0 Å². The number of benzene rings is 2. The average Bonchev–Trinajstić information content (AvgIpc) is 2.75. The van der Waals surface area contributed by atoms with Crippen molar-refractivity contribution in [3.8, 4) is 5.75 Å². The molecule has 2 aromatic carbocycles. The Balaban J connectivity index is 2.20. The van der Waals surface area contributed by atoms with E-state index < -0.39 is 6.04 Å². The molecule has 180 valence electrons. The fourth-order valence-corrected chi connectivity index (χ4v) is 4.06. The number of amides is 2. The first-order valence-corrected chi connectivity index (χ1v) is 12.5. The smallest absolute Gasteiger partial charge is 0.261 e. The first-order chi connectivity index (χ1) is 15.5. The minimum atomic E-state index is -0.710. The molecule has 0 aliphatic rings. The molecule has 0 unspecified atom stereocenters. The minimum Gasteiger partial charge on any atom is -0.483 e. The highest BCUT2D eigenvalue weighted by molar-refractivity contribution is 9.10. The maximum Gasteiger partial charge on any atom is 0.261 e. The van der Waals surface area contributed by atoms with Crippen LogP contribution in [0, 0.1) is 5.92 Å². The van der Waals surface area contributed by atoms with Crippen molar-refractivity contribution < 1.29 is 14.3 Å². The molecule has 0 aromatic heterocycles. The van der Waals surface area contributed by atoms with Crippen molar-refractivity contribution in [2.45, 2.75) is 53.1 Å². The highest BCUT2D eigenvalue weighted by Gasteiger charge is 2.27. The quantitative estimate of drug-likeness (QED) is 0.365. The summed E-state index contributed by atoms with van der Waals surface area (Å²) in [7, 11) is 0. The fraction of sp³-hybridized carbons (Fsp3) is 0.440. The van der Waals surface area contributed by atoms with E-state index in [1.807, 2.05) is 32.0 Å². The number of nitrogens with one attached hydrogen (secondary N) is 1. The molecule has 2 aromatic rings. The van der Waals surface area contributed by atoms with Gasteiger partial charge in [0.25, 0.3) is 5.91 Å². The molecule has 8 heteroatoms. The summed E-state index contributed by atoms with van der Waals surface area (Å²) < 4.78 is 6.58. The van der Waals surface area contributed by atoms with Gasteiger partial charge in [0, 0.05) is 23.1 Å². The summed E-state index contributed by atoms with van der Waals surface area (Å²) in [5.41, 5.74) is 1.86. The molecule has 2 amide bonds. The van der Waals surface area contributed by atoms with Crippen molar-refractivity contribution in [2.75, 3.05) is 13.2 Å². The molecule has 1 N–H and O–H groups in total. The number of hydrogen-bond acceptors (Lipinski definition) is 3. The monoisotopic (exact) mass is 556 g/mol. The Morgan fingerprint density at radius 1 is 1.06 bits per heavy atom. The summed E-state index contributed by atoms with van der Waals surface area (Å²) in [6, 6.07) is 10.2. The van der Waals surface area contributed by atoms with Crippen molar-refractivity contribution in [1.29, 1.82) is 0 Å². The molecule has 0 saturated heterocycles. The summed E-state index contributed by atoms with van der Waals surface area (Å²) in [5, 5.41) is 3.83. The van der Waals surface area contributed by atoms with E-state index in [2.05, 4.69) is 35.1 Å². The molecule has 0 fully saturated rings. The van der Waals surface area contributed by atoms with Gasteiger partial charge in [-0.05, 0) is 70.1 Å². The normalized spacial score (nSPS) is 12.1. The van der Waals surface area contributed by atoms with Gasteiger partial charge >= 0.3 is 0 Å². The van der Waals surface area contributed by atoms with Gasteiger partial charge in [-0.1, -0.05) is 63.0 Å². The van der Waals surface area contributed by atoms with Gasteiger partial charge in [0.15, 0.2) is 6.61 Å². The zero-order valence-electron chi connectivity index (χ0n) is 19.6. The zero-order chi connectivity index (χ0) is 24.7. The van der Waals surface area contributed by atoms with Crippen LogP contribution in [0.5, 0.6) is 5.75 Å². The number of hydrogen-bond donors (Lipinski definition) is 1. The van der Waals surface area contributed by atoms with Crippen LogP contribution in [0.3, 0.4) is 0 Å². The summed E-state index contributed by atoms with van der Waals surface area (Å²) in [5.74, 6) is 0.680. The van der Waals surface area contributed by atoms with Gasteiger partial charge in [0.05, 0.1) is 4.47 Å². The standard InChI is InChI=1S/C25H31BrCl2N2O3/c1-15(2)12-29-25(32)17(5)30(13-19-6-8-20(27)11-22(19)28)24(31)14-33-23-9-7-18(16(3)4)10-21(23)26/h6-11,15-17H,12-14H2,1-5H3,(H,29,32)/t17-/m0/s1. The highest BCUT2D eigenvalue weighted by Crippen LogP contribution is 2.29. The molecule has 2 rings (SSSR count). The molecule has 5 nitrogen and oxygen atoms in total. The number of rotatable bonds is 10. The Bertz CT molecular complexity index is 982. The van der Waals surface area contributed by atoms with Crippen LogP contribution in [-0.4, -0.2) is 35.9 Å². The number of halogens is 3. The van der Waals surface area contributed by atoms with E-state index in [0.29, 0.717) is 39.7 Å². The number of carbonyl (C=O) groups is 2. The molecule has 0 bridgehead atoms. The second kappa shape index (κ2) is 12.6. The summed E-state index contributed by atoms with van der Waals surface area (Å²) in [6.45, 7) is 10.4. The van der Waals surface area contributed by atoms with E-state index in [4.69, 9.17) is 27.9 Å². The second-order valence-corrected chi connectivity index (χ2v) is 10.4. The number of ether oxygens (including phenoxy) is 1. The maximum atomic E-state index is 13.2. The van der Waals surface area contributed by atoms with E-state index in [1.54, 1.807) is 25.1 Å². The third-order valence-electron chi connectivity index (χ3n) is 5.18. The molecule has 0 aliphatic carbocycles. The van der Waals surface area contributed by atoms with E-state index in [0.717, 1.165) is 10.0 Å². The Morgan fingerprint density at radius 2 is 1.76 bits per heavy atom. The Hall–Kier alpha value is -1.76. The fourth-order valence-electron chi connectivity index (χ4n) is 3.08. The van der Waals surface area contributed by atoms with Gasteiger partial charge in [-0.15, -0.1) is 0 Å². The SMILES string of the molecule is CC(C)CNC(=O)[C@H](C)N(Cc1ccc(Cl)cc1Cl)C(=O)COc1ccc(C(C)C)cc1Br. The molecular formula is C25H31BrCl2N2O3. The van der Waals surface area contributed by atoms with Crippen LogP contribution in [0.25, 0.3) is 0 Å². The van der Waals surface area contributed by atoms with Crippen LogP contribution in [0.2, 0.25) is 10.0 Å². The van der Waals surface area contributed by atoms with Crippen LogP contribution < -0.4 is 10.1 Å². The third kappa shape index (κ3) is 8.20. The van der Waals surface area contributed by atoms with E-state index in [9.17, 15) is 9.59 Å². The van der Waals surface area contributed by atoms with Crippen LogP contribution in [0.1, 0.15) is 51.7 Å². The summed E-state index contributed by atoms with van der Waals surface area (Å²) in [6.07, 6.45) is 0. The van der Waals surface area contributed by atoms with Gasteiger partial charge in [-0.3, -0.25) is 9.59 Å². The minimum absolute atomic E-state index is 0.155. The predicted molar refractivity (Wildman–Crippen MR) is 138 cm³/mol. The molecule has 0 radical (unpaired) electrons. The van der Waals surface area contributed by atoms with Gasteiger partial charge in [-0.2, -0.15) is 0 Å². The lowest BCUT2D eigenvalue weighted by molar-refractivity contribution is -0.142. The van der Waals surface area contributed by atoms with E-state index in [1.165, 1.54) is 4.90 Å². The summed E-state index contributed by atoms with van der Waals surface area (Å²) in [4.78, 5) is 27.4. The van der Waals surface area contributed by atoms with Crippen molar-refractivity contribution in [3.63, 3.8) is 0 Å². The largest absolute Gasteiger partial charge is 0.483 e. The van der Waals surface area contributed by atoms with Gasteiger partial charge in [0.2, 0.25) is 5.91 Å². The lowest BCUT2D eigenvalue weighted by atomic mass is 10.0. The molecular weight excluding hydrogens is 527 g/mol. The molecule has 1 atom stereocenters. The van der Waals surface area contributed by atoms with Crippen LogP contribution in [0.4, 0.5) is 0 Å². The van der Waals surface area contributed by atoms with Crippen molar-refractivity contribution in [2.24, 2.45) is 5.92 Å². The van der Waals surface area contributed by atoms with Crippen molar-refractivity contribution in [1.82, 2.24) is 10.2 Å². The van der Waals surface area contributed by atoms with Crippen LogP contribution >= 0.6 is 39.1 Å².